The lowest BCUT2D eigenvalue weighted by Gasteiger charge is -2.62. The molecule has 0 bridgehead atoms. The zero-order valence-corrected chi connectivity index (χ0v) is 23.7. The Morgan fingerprint density at radius 2 is 1.52 bits per heavy atom. The summed E-state index contributed by atoms with van der Waals surface area (Å²) in [7, 11) is 0. The first-order valence-corrected chi connectivity index (χ1v) is 15.0. The van der Waals surface area contributed by atoms with Crippen molar-refractivity contribution in [1.29, 1.82) is 0 Å². The summed E-state index contributed by atoms with van der Waals surface area (Å²) in [5, 5.41) is 11.5. The second-order valence-corrected chi connectivity index (χ2v) is 15.9. The molecule has 1 N–H and O–H groups in total. The van der Waals surface area contributed by atoms with Gasteiger partial charge in [0.2, 0.25) is 0 Å². The molecular weight excluding hydrogens is 400 g/mol. The molecule has 4 rings (SSSR count). The minimum absolute atomic E-state index is 0.219. The van der Waals surface area contributed by atoms with Crippen LogP contribution in [0.15, 0.2) is 0 Å². The normalized spacial score (nSPS) is 46.5. The average Bonchev–Trinajstić information content (AvgIpc) is 3.04. The van der Waals surface area contributed by atoms with E-state index in [4.69, 9.17) is 0 Å². The standard InChI is InChI=1S/C32H58O/c1-22(2)10-9-11-23(3)26-14-15-27-25-13-12-24-20-32(33,21-29(4,5)6)19-18-30(24,7)28(25)16-17-31(26,27)8/h22-28,33H,9-21H2,1-8H3/t23-,24+,25+,26-,27+,28+,30+,31-,32-/m1/s1. The van der Waals surface area contributed by atoms with Crippen LogP contribution >= 0.6 is 0 Å². The maximum absolute atomic E-state index is 11.5. The molecule has 0 aromatic heterocycles. The highest BCUT2D eigenvalue weighted by Crippen LogP contribution is 2.69. The summed E-state index contributed by atoms with van der Waals surface area (Å²) < 4.78 is 0. The van der Waals surface area contributed by atoms with E-state index in [0.717, 1.165) is 60.7 Å². The van der Waals surface area contributed by atoms with Crippen molar-refractivity contribution in [3.05, 3.63) is 0 Å². The first kappa shape index (κ1) is 26.0. The number of aliphatic hydroxyl groups is 1. The van der Waals surface area contributed by atoms with Gasteiger partial charge in [0.1, 0.15) is 0 Å². The van der Waals surface area contributed by atoms with Gasteiger partial charge in [0, 0.05) is 0 Å². The highest BCUT2D eigenvalue weighted by atomic mass is 16.3. The van der Waals surface area contributed by atoms with E-state index in [9.17, 15) is 5.11 Å². The molecule has 33 heavy (non-hydrogen) atoms. The minimum atomic E-state index is -0.414. The van der Waals surface area contributed by atoms with E-state index in [1.165, 1.54) is 64.2 Å². The molecule has 1 nitrogen and oxygen atoms in total. The predicted molar refractivity (Wildman–Crippen MR) is 142 cm³/mol. The molecule has 0 aliphatic heterocycles. The molecule has 4 aliphatic carbocycles. The number of hydrogen-bond acceptors (Lipinski definition) is 1. The van der Waals surface area contributed by atoms with Crippen molar-refractivity contribution < 1.29 is 5.11 Å². The first-order chi connectivity index (χ1) is 15.3. The summed E-state index contributed by atoms with van der Waals surface area (Å²) in [6.45, 7) is 19.7. The van der Waals surface area contributed by atoms with Gasteiger partial charge in [-0.2, -0.15) is 0 Å². The molecule has 4 saturated carbocycles. The molecule has 0 amide bonds. The van der Waals surface area contributed by atoms with E-state index in [2.05, 4.69) is 55.4 Å². The van der Waals surface area contributed by atoms with Crippen molar-refractivity contribution in [2.24, 2.45) is 57.7 Å². The van der Waals surface area contributed by atoms with Crippen molar-refractivity contribution in [2.75, 3.05) is 0 Å². The van der Waals surface area contributed by atoms with Crippen molar-refractivity contribution in [1.82, 2.24) is 0 Å². The van der Waals surface area contributed by atoms with E-state index >= 15 is 0 Å². The summed E-state index contributed by atoms with van der Waals surface area (Å²) in [6.07, 6.45) is 17.4. The van der Waals surface area contributed by atoms with Gasteiger partial charge in [-0.15, -0.1) is 0 Å². The van der Waals surface area contributed by atoms with Gasteiger partial charge >= 0.3 is 0 Å². The molecular formula is C32H58O. The van der Waals surface area contributed by atoms with Crippen LogP contribution in [0.3, 0.4) is 0 Å². The second-order valence-electron chi connectivity index (χ2n) is 15.9. The van der Waals surface area contributed by atoms with Crippen molar-refractivity contribution in [2.45, 2.75) is 144 Å². The maximum atomic E-state index is 11.5. The van der Waals surface area contributed by atoms with E-state index in [1.807, 2.05) is 0 Å². The van der Waals surface area contributed by atoms with Gasteiger partial charge in [-0.25, -0.2) is 0 Å². The van der Waals surface area contributed by atoms with Crippen LogP contribution in [0.4, 0.5) is 0 Å². The molecule has 0 heterocycles. The van der Waals surface area contributed by atoms with Crippen molar-refractivity contribution in [3.63, 3.8) is 0 Å². The predicted octanol–water partition coefficient (Wildman–Crippen LogP) is 9.28. The highest BCUT2D eigenvalue weighted by molar-refractivity contribution is 5.11. The van der Waals surface area contributed by atoms with E-state index in [-0.39, 0.29) is 5.41 Å². The Morgan fingerprint density at radius 3 is 2.18 bits per heavy atom. The van der Waals surface area contributed by atoms with Gasteiger partial charge in [0.25, 0.3) is 0 Å². The third-order valence-electron chi connectivity index (χ3n) is 11.9. The van der Waals surface area contributed by atoms with Crippen molar-refractivity contribution >= 4 is 0 Å². The Hall–Kier alpha value is -0.0400. The van der Waals surface area contributed by atoms with Gasteiger partial charge in [-0.05, 0) is 122 Å². The van der Waals surface area contributed by atoms with Gasteiger partial charge < -0.3 is 5.11 Å². The monoisotopic (exact) mass is 458 g/mol. The molecule has 4 aliphatic rings. The quantitative estimate of drug-likeness (QED) is 0.420. The molecule has 4 fully saturated rings. The molecule has 0 aromatic rings. The van der Waals surface area contributed by atoms with Crippen LogP contribution in [0, 0.1) is 57.7 Å². The summed E-state index contributed by atoms with van der Waals surface area (Å²) in [5.74, 6) is 6.33. The van der Waals surface area contributed by atoms with Gasteiger partial charge in [-0.3, -0.25) is 0 Å². The van der Waals surface area contributed by atoms with Gasteiger partial charge in [0.05, 0.1) is 5.60 Å². The lowest BCUT2D eigenvalue weighted by molar-refractivity contribution is -0.158. The zero-order chi connectivity index (χ0) is 24.2. The number of rotatable bonds is 6. The molecule has 192 valence electrons. The second kappa shape index (κ2) is 9.12. The van der Waals surface area contributed by atoms with Crippen LogP contribution < -0.4 is 0 Å². The van der Waals surface area contributed by atoms with Gasteiger partial charge in [0.15, 0.2) is 0 Å². The van der Waals surface area contributed by atoms with Crippen LogP contribution in [-0.2, 0) is 0 Å². The molecule has 0 aromatic carbocycles. The molecule has 9 atom stereocenters. The topological polar surface area (TPSA) is 20.2 Å². The van der Waals surface area contributed by atoms with Crippen LogP contribution in [-0.4, -0.2) is 10.7 Å². The Bertz CT molecular complexity index is 674. The molecule has 1 heteroatoms. The van der Waals surface area contributed by atoms with Crippen LogP contribution in [0.25, 0.3) is 0 Å². The summed E-state index contributed by atoms with van der Waals surface area (Å²) in [5.41, 5.74) is 0.887. The van der Waals surface area contributed by atoms with E-state index in [1.54, 1.807) is 0 Å². The lowest BCUT2D eigenvalue weighted by Crippen LogP contribution is -2.56. The Kier molecular flexibility index (Phi) is 7.19. The number of hydrogen-bond donors (Lipinski definition) is 1. The average molecular weight is 459 g/mol. The van der Waals surface area contributed by atoms with E-state index in [0.29, 0.717) is 10.8 Å². The summed E-state index contributed by atoms with van der Waals surface area (Å²) >= 11 is 0. The van der Waals surface area contributed by atoms with Crippen LogP contribution in [0.5, 0.6) is 0 Å². The largest absolute Gasteiger partial charge is 0.390 e. The summed E-state index contributed by atoms with van der Waals surface area (Å²) in [6, 6.07) is 0. The van der Waals surface area contributed by atoms with Crippen molar-refractivity contribution in [3.8, 4) is 0 Å². The minimum Gasteiger partial charge on any atom is -0.390 e. The smallest absolute Gasteiger partial charge is 0.0655 e. The third kappa shape index (κ3) is 4.97. The maximum Gasteiger partial charge on any atom is 0.0655 e. The van der Waals surface area contributed by atoms with E-state index < -0.39 is 5.60 Å². The Balaban J connectivity index is 1.45. The Labute approximate surface area is 207 Å². The van der Waals surface area contributed by atoms with Crippen LogP contribution in [0.2, 0.25) is 0 Å². The third-order valence-corrected chi connectivity index (χ3v) is 11.9. The fraction of sp³-hybridized carbons (Fsp3) is 1.00. The Morgan fingerprint density at radius 1 is 0.818 bits per heavy atom. The molecule has 0 spiro atoms. The SMILES string of the molecule is CC(C)CCC[C@@H](C)[C@H]1CC[C@H]2[C@@H]3CC[C@H]4C[C@@](O)(CC(C)(C)C)CC[C@]4(C)[C@H]3CC[C@]12C. The fourth-order valence-electron chi connectivity index (χ4n) is 10.5. The van der Waals surface area contributed by atoms with Gasteiger partial charge in [-0.1, -0.05) is 74.7 Å². The zero-order valence-electron chi connectivity index (χ0n) is 23.7. The van der Waals surface area contributed by atoms with Crippen LogP contribution in [0.1, 0.15) is 139 Å². The molecule has 0 saturated heterocycles. The highest BCUT2D eigenvalue weighted by Gasteiger charge is 2.61. The summed E-state index contributed by atoms with van der Waals surface area (Å²) in [4.78, 5) is 0. The number of fused-ring (bicyclic) bond motifs is 5. The molecule has 0 radical (unpaired) electrons. The molecule has 0 unspecified atom stereocenters. The fourth-order valence-corrected chi connectivity index (χ4v) is 10.5. The first-order valence-electron chi connectivity index (χ1n) is 15.0. The lowest BCUT2D eigenvalue weighted by atomic mass is 9.43.